The largest absolute Gasteiger partial charge is 0.389 e. The van der Waals surface area contributed by atoms with Crippen LogP contribution in [0.5, 0.6) is 0 Å². The van der Waals surface area contributed by atoms with Crippen molar-refractivity contribution < 1.29 is 9.90 Å². The second-order valence-electron chi connectivity index (χ2n) is 6.31. The number of hydrogen-bond acceptors (Lipinski definition) is 2. The molecule has 2 nitrogen and oxygen atoms in total. The third-order valence-electron chi connectivity index (χ3n) is 4.97. The van der Waals surface area contributed by atoms with E-state index >= 15 is 0 Å². The van der Waals surface area contributed by atoms with Crippen LogP contribution in [-0.4, -0.2) is 16.5 Å². The summed E-state index contributed by atoms with van der Waals surface area (Å²) in [5.41, 5.74) is 0.148. The maximum absolute atomic E-state index is 12.6. The molecule has 0 spiro atoms. The molecule has 96 valence electrons. The maximum Gasteiger partial charge on any atom is 0.146 e. The Kier molecular flexibility index (Phi) is 3.19. The number of fused-ring (bicyclic) bond motifs is 1. The van der Waals surface area contributed by atoms with E-state index < -0.39 is 5.60 Å². The van der Waals surface area contributed by atoms with Gasteiger partial charge in [0.1, 0.15) is 5.78 Å². The summed E-state index contributed by atoms with van der Waals surface area (Å²) >= 11 is 0. The first-order valence-corrected chi connectivity index (χ1v) is 6.81. The number of hydrogen-bond donors (Lipinski definition) is 1. The molecular weight excluding hydrogens is 212 g/mol. The molecule has 0 aromatic rings. The second kappa shape index (κ2) is 4.24. The first-order chi connectivity index (χ1) is 7.88. The predicted molar refractivity (Wildman–Crippen MR) is 68.5 cm³/mol. The fraction of sp³-hybridized carbons (Fsp3) is 0.800. The quantitative estimate of drug-likeness (QED) is 0.711. The molecule has 4 atom stereocenters. The highest BCUT2D eigenvalue weighted by atomic mass is 16.3. The summed E-state index contributed by atoms with van der Waals surface area (Å²) in [5, 5.41) is 10.8. The van der Waals surface area contributed by atoms with Crippen molar-refractivity contribution in [3.05, 3.63) is 12.2 Å². The smallest absolute Gasteiger partial charge is 0.146 e. The maximum atomic E-state index is 12.6. The Bertz CT molecular complexity index is 345. The van der Waals surface area contributed by atoms with Gasteiger partial charge >= 0.3 is 0 Å². The highest BCUT2D eigenvalue weighted by molar-refractivity contribution is 5.88. The van der Waals surface area contributed by atoms with Crippen LogP contribution in [0.1, 0.15) is 46.5 Å². The Morgan fingerprint density at radius 2 is 2.06 bits per heavy atom. The Labute approximate surface area is 104 Å². The molecule has 2 heteroatoms. The molecule has 2 saturated carbocycles. The van der Waals surface area contributed by atoms with Gasteiger partial charge in [0.15, 0.2) is 0 Å². The fourth-order valence-corrected chi connectivity index (χ4v) is 3.68. The van der Waals surface area contributed by atoms with E-state index in [9.17, 15) is 9.90 Å². The number of Topliss-reactive ketones (excluding diaryl/α,β-unsaturated/α-hetero) is 1. The van der Waals surface area contributed by atoms with Gasteiger partial charge in [-0.15, -0.1) is 0 Å². The zero-order chi connectivity index (χ0) is 12.8. The minimum atomic E-state index is -0.808. The van der Waals surface area contributed by atoms with Crippen LogP contribution in [0.3, 0.4) is 0 Å². The molecule has 0 aliphatic heterocycles. The van der Waals surface area contributed by atoms with Gasteiger partial charge in [0.05, 0.1) is 11.5 Å². The molecule has 2 rings (SSSR count). The third kappa shape index (κ3) is 1.87. The molecule has 17 heavy (non-hydrogen) atoms. The highest BCUT2D eigenvalue weighted by Crippen LogP contribution is 2.50. The molecular formula is C15H24O2. The van der Waals surface area contributed by atoms with Gasteiger partial charge in [-0.25, -0.2) is 0 Å². The van der Waals surface area contributed by atoms with Gasteiger partial charge in [-0.05, 0) is 37.5 Å². The van der Waals surface area contributed by atoms with Crippen molar-refractivity contribution in [1.29, 1.82) is 0 Å². The fourth-order valence-electron chi connectivity index (χ4n) is 3.68. The molecule has 0 aromatic carbocycles. The molecule has 0 aromatic heterocycles. The molecule has 0 amide bonds. The van der Waals surface area contributed by atoms with E-state index in [1.807, 2.05) is 0 Å². The highest BCUT2D eigenvalue weighted by Gasteiger charge is 2.53. The van der Waals surface area contributed by atoms with E-state index in [1.165, 1.54) is 0 Å². The lowest BCUT2D eigenvalue weighted by molar-refractivity contribution is -0.134. The molecule has 2 aliphatic carbocycles. The van der Waals surface area contributed by atoms with Crippen LogP contribution >= 0.6 is 0 Å². The Balaban J connectivity index is 2.38. The van der Waals surface area contributed by atoms with Crippen LogP contribution in [0.4, 0.5) is 0 Å². The summed E-state index contributed by atoms with van der Waals surface area (Å²) < 4.78 is 0. The molecule has 0 saturated heterocycles. The third-order valence-corrected chi connectivity index (χ3v) is 4.97. The van der Waals surface area contributed by atoms with Crippen molar-refractivity contribution in [2.24, 2.45) is 23.7 Å². The van der Waals surface area contributed by atoms with Gasteiger partial charge in [-0.3, -0.25) is 4.79 Å². The first kappa shape index (κ1) is 12.8. The summed E-state index contributed by atoms with van der Waals surface area (Å²) in [4.78, 5) is 12.6. The first-order valence-electron chi connectivity index (χ1n) is 6.81. The van der Waals surface area contributed by atoms with E-state index in [-0.39, 0.29) is 23.5 Å². The van der Waals surface area contributed by atoms with Crippen molar-refractivity contribution in [3.63, 3.8) is 0 Å². The van der Waals surface area contributed by atoms with Gasteiger partial charge in [-0.2, -0.15) is 0 Å². The van der Waals surface area contributed by atoms with Crippen LogP contribution in [0.15, 0.2) is 12.2 Å². The van der Waals surface area contributed by atoms with Crippen LogP contribution < -0.4 is 0 Å². The predicted octanol–water partition coefficient (Wildman–Crippen LogP) is 2.95. The van der Waals surface area contributed by atoms with Crippen molar-refractivity contribution in [2.75, 3.05) is 0 Å². The van der Waals surface area contributed by atoms with Crippen molar-refractivity contribution in [1.82, 2.24) is 0 Å². The van der Waals surface area contributed by atoms with Crippen molar-refractivity contribution in [3.8, 4) is 0 Å². The number of carbonyl (C=O) groups is 1. The van der Waals surface area contributed by atoms with Crippen molar-refractivity contribution in [2.45, 2.75) is 52.1 Å². The average Bonchev–Trinajstić information content (AvgIpc) is 2.50. The van der Waals surface area contributed by atoms with Gasteiger partial charge in [0.2, 0.25) is 0 Å². The van der Waals surface area contributed by atoms with E-state index in [4.69, 9.17) is 0 Å². The summed E-state index contributed by atoms with van der Waals surface area (Å²) in [6.45, 7) is 10.3. The van der Waals surface area contributed by atoms with E-state index in [0.29, 0.717) is 12.3 Å². The Morgan fingerprint density at radius 1 is 1.41 bits per heavy atom. The standard InChI is InChI=1S/C15H24O2/c1-9(2)12-6-5-11(4)15(17)8-7-10(3)13(15)14(12)16/h9,11-13,17H,3,5-8H2,1-2,4H3/t11-,12+,13+,15-/m0/s1. The average molecular weight is 236 g/mol. The van der Waals surface area contributed by atoms with Gasteiger partial charge < -0.3 is 5.11 Å². The molecule has 2 aliphatic rings. The molecule has 2 fully saturated rings. The lowest BCUT2D eigenvalue weighted by Crippen LogP contribution is -2.43. The molecule has 0 radical (unpaired) electrons. The molecule has 0 heterocycles. The van der Waals surface area contributed by atoms with Crippen LogP contribution in [0, 0.1) is 23.7 Å². The summed E-state index contributed by atoms with van der Waals surface area (Å²) in [6.07, 6.45) is 3.40. The van der Waals surface area contributed by atoms with Crippen LogP contribution in [0.2, 0.25) is 0 Å². The van der Waals surface area contributed by atoms with E-state index in [1.54, 1.807) is 0 Å². The zero-order valence-electron chi connectivity index (χ0n) is 11.2. The molecule has 0 unspecified atom stereocenters. The van der Waals surface area contributed by atoms with E-state index in [0.717, 1.165) is 24.8 Å². The number of aliphatic hydroxyl groups is 1. The summed E-state index contributed by atoms with van der Waals surface area (Å²) in [5.74, 6) is 0.623. The van der Waals surface area contributed by atoms with Crippen LogP contribution in [-0.2, 0) is 4.79 Å². The minimum Gasteiger partial charge on any atom is -0.389 e. The Morgan fingerprint density at radius 3 is 2.65 bits per heavy atom. The van der Waals surface area contributed by atoms with Gasteiger partial charge in [0.25, 0.3) is 0 Å². The SMILES string of the molecule is C=C1CC[C@@]2(O)[C@H]1C(=O)[C@@H](C(C)C)CC[C@@H]2C. The molecule has 0 bridgehead atoms. The molecule has 1 N–H and O–H groups in total. The minimum absolute atomic E-state index is 0.103. The number of rotatable bonds is 1. The normalized spacial score (nSPS) is 42.8. The summed E-state index contributed by atoms with van der Waals surface area (Å²) in [7, 11) is 0. The van der Waals surface area contributed by atoms with Crippen LogP contribution in [0.25, 0.3) is 0 Å². The Hall–Kier alpha value is -0.630. The monoisotopic (exact) mass is 236 g/mol. The topological polar surface area (TPSA) is 37.3 Å². The second-order valence-corrected chi connectivity index (χ2v) is 6.31. The van der Waals surface area contributed by atoms with Gasteiger partial charge in [0, 0.05) is 5.92 Å². The summed E-state index contributed by atoms with van der Waals surface area (Å²) in [6, 6.07) is 0. The lowest BCUT2D eigenvalue weighted by atomic mass is 9.76. The van der Waals surface area contributed by atoms with E-state index in [2.05, 4.69) is 27.4 Å². The number of ketones is 1. The number of carbonyl (C=O) groups excluding carboxylic acids is 1. The lowest BCUT2D eigenvalue weighted by Gasteiger charge is -2.33. The van der Waals surface area contributed by atoms with Gasteiger partial charge in [-0.1, -0.05) is 32.9 Å². The van der Waals surface area contributed by atoms with Crippen molar-refractivity contribution >= 4 is 5.78 Å². The zero-order valence-corrected chi connectivity index (χ0v) is 11.2.